The van der Waals surface area contributed by atoms with Crippen LogP contribution in [0, 0.1) is 0 Å². The first-order valence-corrected chi connectivity index (χ1v) is 8.04. The van der Waals surface area contributed by atoms with E-state index in [-0.39, 0.29) is 10.4 Å². The fourth-order valence-electron chi connectivity index (χ4n) is 2.38. The van der Waals surface area contributed by atoms with Crippen LogP contribution in [-0.4, -0.2) is 21.4 Å². The maximum Gasteiger partial charge on any atom is 0.287 e. The van der Waals surface area contributed by atoms with Gasteiger partial charge in [0.25, 0.3) is 5.24 Å². The van der Waals surface area contributed by atoms with E-state index in [9.17, 15) is 9.59 Å². The number of nitrogens with zero attached hydrogens (tertiary/aromatic N) is 1. The van der Waals surface area contributed by atoms with Crippen LogP contribution in [0.1, 0.15) is 18.1 Å². The molecule has 1 amide bonds. The Hall–Kier alpha value is -2.14. The van der Waals surface area contributed by atoms with Gasteiger partial charge in [0.15, 0.2) is 0 Å². The van der Waals surface area contributed by atoms with Crippen LogP contribution in [-0.2, 0) is 17.6 Å². The van der Waals surface area contributed by atoms with Crippen LogP contribution >= 0.6 is 11.8 Å². The van der Waals surface area contributed by atoms with Gasteiger partial charge in [0, 0.05) is 29.9 Å². The number of benzene rings is 1. The molecular weight excluding hydrogens is 296 g/mol. The van der Waals surface area contributed by atoms with E-state index in [0.29, 0.717) is 6.42 Å². The number of amides is 1. The summed E-state index contributed by atoms with van der Waals surface area (Å²) in [4.78, 5) is 27.2. The minimum atomic E-state index is -0.412. The molecule has 1 saturated heterocycles. The third-order valence-corrected chi connectivity index (χ3v) is 4.48. The van der Waals surface area contributed by atoms with Gasteiger partial charge in [-0.15, -0.1) is 0 Å². The fourth-order valence-corrected chi connectivity index (χ4v) is 3.05. The normalized spacial score (nSPS) is 17.6. The standard InChI is InChI=1S/C17H16N2O2S/c1-2-11-5-8-14(18-10-11)13-6-3-12(4-7-13)9-15-16(20)22-17(21)19-15/h3-8,10,15H,2,9H2,1H3,(H,19,21). The average Bonchev–Trinajstić information content (AvgIpc) is 2.86. The van der Waals surface area contributed by atoms with Crippen LogP contribution in [0.25, 0.3) is 11.3 Å². The summed E-state index contributed by atoms with van der Waals surface area (Å²) in [5.74, 6) is 0. The van der Waals surface area contributed by atoms with Crippen molar-refractivity contribution in [3.63, 3.8) is 0 Å². The second-order valence-electron chi connectivity index (χ2n) is 5.21. The summed E-state index contributed by atoms with van der Waals surface area (Å²) in [7, 11) is 0. The van der Waals surface area contributed by atoms with Gasteiger partial charge in [-0.05, 0) is 23.6 Å². The molecule has 4 nitrogen and oxygen atoms in total. The molecule has 112 valence electrons. The maximum absolute atomic E-state index is 11.6. The molecule has 5 heteroatoms. The highest BCUT2D eigenvalue weighted by molar-refractivity contribution is 8.26. The number of rotatable bonds is 4. The van der Waals surface area contributed by atoms with Gasteiger partial charge in [-0.2, -0.15) is 0 Å². The Labute approximate surface area is 133 Å². The van der Waals surface area contributed by atoms with Crippen molar-refractivity contribution in [3.8, 4) is 11.3 Å². The van der Waals surface area contributed by atoms with E-state index in [1.54, 1.807) is 0 Å². The lowest BCUT2D eigenvalue weighted by molar-refractivity contribution is -0.112. The molecule has 1 unspecified atom stereocenters. The van der Waals surface area contributed by atoms with Gasteiger partial charge in [-0.3, -0.25) is 14.6 Å². The molecule has 0 aliphatic carbocycles. The van der Waals surface area contributed by atoms with Gasteiger partial charge in [0.1, 0.15) is 6.04 Å². The summed E-state index contributed by atoms with van der Waals surface area (Å²) in [6.07, 6.45) is 3.40. The van der Waals surface area contributed by atoms with Gasteiger partial charge in [0.2, 0.25) is 5.12 Å². The number of hydrogen-bond acceptors (Lipinski definition) is 4. The summed E-state index contributed by atoms with van der Waals surface area (Å²) in [6, 6.07) is 11.6. The molecule has 1 aliphatic heterocycles. The first kappa shape index (κ1) is 14.8. The van der Waals surface area contributed by atoms with Crippen LogP contribution in [0.2, 0.25) is 0 Å². The van der Waals surface area contributed by atoms with Crippen LogP contribution in [0.15, 0.2) is 42.6 Å². The molecule has 1 aromatic heterocycles. The average molecular weight is 312 g/mol. The molecule has 3 rings (SSSR count). The van der Waals surface area contributed by atoms with Crippen molar-refractivity contribution in [2.24, 2.45) is 0 Å². The Kier molecular flexibility index (Phi) is 4.24. The quantitative estimate of drug-likeness (QED) is 0.942. The molecule has 0 radical (unpaired) electrons. The number of nitrogens with one attached hydrogen (secondary N) is 1. The van der Waals surface area contributed by atoms with E-state index in [2.05, 4.69) is 23.3 Å². The minimum Gasteiger partial charge on any atom is -0.335 e. The van der Waals surface area contributed by atoms with E-state index >= 15 is 0 Å². The molecule has 0 bridgehead atoms. The third-order valence-electron chi connectivity index (χ3n) is 3.69. The Balaban J connectivity index is 1.72. The summed E-state index contributed by atoms with van der Waals surface area (Å²) >= 11 is 0.752. The van der Waals surface area contributed by atoms with Gasteiger partial charge in [-0.1, -0.05) is 37.3 Å². The zero-order valence-electron chi connectivity index (χ0n) is 12.2. The Morgan fingerprint density at radius 1 is 1.09 bits per heavy atom. The number of pyridine rings is 1. The van der Waals surface area contributed by atoms with Crippen molar-refractivity contribution in [1.82, 2.24) is 10.3 Å². The lowest BCUT2D eigenvalue weighted by atomic mass is 10.0. The van der Waals surface area contributed by atoms with Gasteiger partial charge in [-0.25, -0.2) is 0 Å². The largest absolute Gasteiger partial charge is 0.335 e. The summed E-state index contributed by atoms with van der Waals surface area (Å²) in [5.41, 5.74) is 4.22. The van der Waals surface area contributed by atoms with Crippen LogP contribution < -0.4 is 5.32 Å². The second kappa shape index (κ2) is 6.32. The SMILES string of the molecule is CCc1ccc(-c2ccc(CC3NC(=O)SC3=O)cc2)nc1. The molecular formula is C17H16N2O2S. The number of aromatic nitrogens is 1. The molecule has 2 aromatic rings. The monoisotopic (exact) mass is 312 g/mol. The van der Waals surface area contributed by atoms with Gasteiger partial charge >= 0.3 is 0 Å². The topological polar surface area (TPSA) is 59.1 Å². The molecule has 1 atom stereocenters. The van der Waals surface area contributed by atoms with Gasteiger partial charge < -0.3 is 5.32 Å². The lowest BCUT2D eigenvalue weighted by Gasteiger charge is -2.08. The first-order valence-electron chi connectivity index (χ1n) is 7.22. The van der Waals surface area contributed by atoms with Crippen molar-refractivity contribution in [1.29, 1.82) is 0 Å². The van der Waals surface area contributed by atoms with Crippen LogP contribution in [0.3, 0.4) is 0 Å². The predicted octanol–water partition coefficient (Wildman–Crippen LogP) is 3.21. The van der Waals surface area contributed by atoms with Crippen LogP contribution in [0.5, 0.6) is 0 Å². The number of thioether (sulfide) groups is 1. The van der Waals surface area contributed by atoms with E-state index in [1.165, 1.54) is 5.56 Å². The maximum atomic E-state index is 11.6. The third kappa shape index (κ3) is 3.20. The smallest absolute Gasteiger partial charge is 0.287 e. The van der Waals surface area contributed by atoms with E-state index in [1.807, 2.05) is 36.5 Å². The predicted molar refractivity (Wildman–Crippen MR) is 87.7 cm³/mol. The van der Waals surface area contributed by atoms with Crippen molar-refractivity contribution in [2.75, 3.05) is 0 Å². The van der Waals surface area contributed by atoms with E-state index in [4.69, 9.17) is 0 Å². The van der Waals surface area contributed by atoms with E-state index in [0.717, 1.165) is 35.0 Å². The van der Waals surface area contributed by atoms with Gasteiger partial charge in [0.05, 0.1) is 5.69 Å². The molecule has 1 aliphatic rings. The molecule has 2 heterocycles. The number of hydrogen-bond donors (Lipinski definition) is 1. The second-order valence-corrected chi connectivity index (χ2v) is 6.19. The highest BCUT2D eigenvalue weighted by Gasteiger charge is 2.31. The highest BCUT2D eigenvalue weighted by atomic mass is 32.2. The summed E-state index contributed by atoms with van der Waals surface area (Å²) in [6.45, 7) is 2.10. The summed E-state index contributed by atoms with van der Waals surface area (Å²) in [5, 5.41) is 2.31. The Morgan fingerprint density at radius 3 is 2.36 bits per heavy atom. The molecule has 22 heavy (non-hydrogen) atoms. The Morgan fingerprint density at radius 2 is 1.82 bits per heavy atom. The van der Waals surface area contributed by atoms with Crippen molar-refractivity contribution in [2.45, 2.75) is 25.8 Å². The fraction of sp³-hybridized carbons (Fsp3) is 0.235. The van der Waals surface area contributed by atoms with E-state index < -0.39 is 6.04 Å². The zero-order chi connectivity index (χ0) is 15.5. The number of carbonyl (C=O) groups excluding carboxylic acids is 2. The Bertz CT molecular complexity index is 696. The molecule has 1 N–H and O–H groups in total. The molecule has 1 fully saturated rings. The minimum absolute atomic E-state index is 0.106. The van der Waals surface area contributed by atoms with Crippen molar-refractivity contribution >= 4 is 22.1 Å². The number of aryl methyl sites for hydroxylation is 1. The van der Waals surface area contributed by atoms with Crippen molar-refractivity contribution < 1.29 is 9.59 Å². The first-order chi connectivity index (χ1) is 10.7. The zero-order valence-corrected chi connectivity index (χ0v) is 13.0. The molecule has 0 saturated carbocycles. The highest BCUT2D eigenvalue weighted by Crippen LogP contribution is 2.21. The summed E-state index contributed by atoms with van der Waals surface area (Å²) < 4.78 is 0. The molecule has 0 spiro atoms. The lowest BCUT2D eigenvalue weighted by Crippen LogP contribution is -2.30. The van der Waals surface area contributed by atoms with Crippen molar-refractivity contribution in [3.05, 3.63) is 53.7 Å². The van der Waals surface area contributed by atoms with Crippen LogP contribution in [0.4, 0.5) is 4.79 Å². The number of carbonyl (C=O) groups is 2. The molecule has 1 aromatic carbocycles.